The monoisotopic (exact) mass is 310 g/mol. The minimum atomic E-state index is -0.322. The smallest absolute Gasteiger partial charge is 0.170 e. The van der Waals surface area contributed by atoms with Gasteiger partial charge in [0.2, 0.25) is 0 Å². The number of hydrogen-bond acceptors (Lipinski definition) is 6. The first-order chi connectivity index (χ1) is 9.71. The molecule has 0 amide bonds. The second kappa shape index (κ2) is 7.39. The second-order valence-corrected chi connectivity index (χ2v) is 7.34. The van der Waals surface area contributed by atoms with Gasteiger partial charge in [-0.2, -0.15) is 9.64 Å². The molecule has 0 spiro atoms. The van der Waals surface area contributed by atoms with E-state index in [1.54, 1.807) is 11.8 Å². The van der Waals surface area contributed by atoms with E-state index in [-0.39, 0.29) is 5.54 Å². The maximum atomic E-state index is 9.47. The van der Waals surface area contributed by atoms with Gasteiger partial charge in [-0.05, 0) is 43.6 Å². The molecule has 0 aliphatic heterocycles. The van der Waals surface area contributed by atoms with Gasteiger partial charge >= 0.3 is 0 Å². The van der Waals surface area contributed by atoms with Crippen LogP contribution in [0.1, 0.15) is 51.8 Å². The predicted octanol–water partition coefficient (Wildman–Crippen LogP) is 3.40. The first-order valence-electron chi connectivity index (χ1n) is 7.35. The quantitative estimate of drug-likeness (QED) is 0.559. The van der Waals surface area contributed by atoms with Crippen LogP contribution >= 0.6 is 23.3 Å². The van der Waals surface area contributed by atoms with Crippen LogP contribution in [-0.4, -0.2) is 26.7 Å². The highest BCUT2D eigenvalue weighted by atomic mass is 32.2. The molecule has 0 saturated heterocycles. The summed E-state index contributed by atoms with van der Waals surface area (Å²) in [4.78, 5) is 4.45. The summed E-state index contributed by atoms with van der Waals surface area (Å²) in [6.45, 7) is 4.17. The molecule has 0 bridgehead atoms. The summed E-state index contributed by atoms with van der Waals surface area (Å²) in [5.41, 5.74) is -0.322. The SMILES string of the molecule is CCc1nsc(SCCCC(C#N)(CC)NC2CC2)n1. The standard InChI is InChI=1S/C14H22N4S2/c1-3-12-16-13(20-18-12)19-9-5-8-14(4-2,10-15)17-11-6-7-11/h11,17H,3-9H2,1-2H3. The van der Waals surface area contributed by atoms with E-state index >= 15 is 0 Å². The van der Waals surface area contributed by atoms with Gasteiger partial charge < -0.3 is 0 Å². The van der Waals surface area contributed by atoms with Crippen molar-refractivity contribution in [3.8, 4) is 6.07 Å². The maximum Gasteiger partial charge on any atom is 0.170 e. The Balaban J connectivity index is 1.74. The van der Waals surface area contributed by atoms with E-state index in [9.17, 15) is 5.26 Å². The maximum absolute atomic E-state index is 9.47. The fraction of sp³-hybridized carbons (Fsp3) is 0.786. The van der Waals surface area contributed by atoms with E-state index < -0.39 is 0 Å². The van der Waals surface area contributed by atoms with Gasteiger partial charge in [0.05, 0.1) is 6.07 Å². The van der Waals surface area contributed by atoms with Crippen LogP contribution in [0.3, 0.4) is 0 Å². The summed E-state index contributed by atoms with van der Waals surface area (Å²) >= 11 is 3.25. The molecular weight excluding hydrogens is 288 g/mol. The first kappa shape index (κ1) is 15.7. The lowest BCUT2D eigenvalue weighted by Gasteiger charge is -2.26. The van der Waals surface area contributed by atoms with Crippen LogP contribution in [0.15, 0.2) is 4.34 Å². The van der Waals surface area contributed by atoms with Crippen LogP contribution in [0.2, 0.25) is 0 Å². The molecule has 1 atom stereocenters. The lowest BCUT2D eigenvalue weighted by atomic mass is 9.92. The molecule has 4 nitrogen and oxygen atoms in total. The summed E-state index contributed by atoms with van der Waals surface area (Å²) < 4.78 is 5.34. The molecule has 6 heteroatoms. The molecule has 1 aromatic rings. The lowest BCUT2D eigenvalue weighted by molar-refractivity contribution is 0.367. The Labute approximate surface area is 129 Å². The fourth-order valence-corrected chi connectivity index (χ4v) is 3.82. The number of rotatable bonds is 9. The third-order valence-electron chi connectivity index (χ3n) is 3.61. The number of aromatic nitrogens is 2. The van der Waals surface area contributed by atoms with Gasteiger partial charge in [0.25, 0.3) is 0 Å². The van der Waals surface area contributed by atoms with Gasteiger partial charge in [-0.3, -0.25) is 5.32 Å². The van der Waals surface area contributed by atoms with Crippen molar-refractivity contribution in [1.82, 2.24) is 14.7 Å². The topological polar surface area (TPSA) is 61.6 Å². The lowest BCUT2D eigenvalue weighted by Crippen LogP contribution is -2.44. The third-order valence-corrected chi connectivity index (χ3v) is 5.57. The molecular formula is C14H22N4S2. The van der Waals surface area contributed by atoms with E-state index in [2.05, 4.69) is 34.6 Å². The van der Waals surface area contributed by atoms with E-state index in [1.807, 2.05) is 0 Å². The van der Waals surface area contributed by atoms with Crippen molar-refractivity contribution in [3.05, 3.63) is 5.82 Å². The molecule has 1 unspecified atom stereocenters. The molecule has 0 radical (unpaired) electrons. The largest absolute Gasteiger partial charge is 0.297 e. The van der Waals surface area contributed by atoms with Crippen LogP contribution < -0.4 is 5.32 Å². The summed E-state index contributed by atoms with van der Waals surface area (Å²) in [6, 6.07) is 3.08. The molecule has 1 fully saturated rings. The zero-order valence-electron chi connectivity index (χ0n) is 12.2. The van der Waals surface area contributed by atoms with Crippen molar-refractivity contribution >= 4 is 23.3 Å². The van der Waals surface area contributed by atoms with Crippen molar-refractivity contribution in [2.75, 3.05) is 5.75 Å². The Morgan fingerprint density at radius 2 is 2.30 bits per heavy atom. The molecule has 1 aliphatic rings. The van der Waals surface area contributed by atoms with Crippen LogP contribution in [0.4, 0.5) is 0 Å². The fourth-order valence-electron chi connectivity index (χ4n) is 2.11. The highest BCUT2D eigenvalue weighted by Gasteiger charge is 2.34. The van der Waals surface area contributed by atoms with Crippen molar-refractivity contribution in [3.63, 3.8) is 0 Å². The van der Waals surface area contributed by atoms with Gasteiger partial charge in [0.1, 0.15) is 11.4 Å². The number of hydrogen-bond donors (Lipinski definition) is 1. The molecule has 1 heterocycles. The summed E-state index contributed by atoms with van der Waals surface area (Å²) in [5, 5.41) is 13.0. The predicted molar refractivity (Wildman–Crippen MR) is 84.0 cm³/mol. The Bertz CT molecular complexity index is 464. The number of nitrogens with one attached hydrogen (secondary N) is 1. The Morgan fingerprint density at radius 1 is 1.50 bits per heavy atom. The van der Waals surface area contributed by atoms with E-state index in [1.165, 1.54) is 24.4 Å². The number of nitrogens with zero attached hydrogens (tertiary/aromatic N) is 3. The van der Waals surface area contributed by atoms with Crippen LogP contribution in [-0.2, 0) is 6.42 Å². The molecule has 1 aromatic heterocycles. The van der Waals surface area contributed by atoms with Crippen molar-refractivity contribution < 1.29 is 0 Å². The summed E-state index contributed by atoms with van der Waals surface area (Å²) in [6.07, 6.45) is 6.18. The Morgan fingerprint density at radius 3 is 2.85 bits per heavy atom. The van der Waals surface area contributed by atoms with Crippen LogP contribution in [0.25, 0.3) is 0 Å². The molecule has 1 saturated carbocycles. The normalized spacial score (nSPS) is 17.6. The average molecular weight is 310 g/mol. The van der Waals surface area contributed by atoms with E-state index in [0.29, 0.717) is 6.04 Å². The van der Waals surface area contributed by atoms with Crippen molar-refractivity contribution in [2.24, 2.45) is 0 Å². The van der Waals surface area contributed by atoms with Crippen LogP contribution in [0.5, 0.6) is 0 Å². The van der Waals surface area contributed by atoms with Gasteiger partial charge in [-0.1, -0.05) is 25.6 Å². The number of aryl methyl sites for hydroxylation is 1. The Hall–Kier alpha value is -0.640. The molecule has 1 aliphatic carbocycles. The third kappa shape index (κ3) is 4.44. The van der Waals surface area contributed by atoms with Gasteiger partial charge in [-0.25, -0.2) is 4.98 Å². The van der Waals surface area contributed by atoms with Gasteiger partial charge in [0.15, 0.2) is 4.34 Å². The summed E-state index contributed by atoms with van der Waals surface area (Å²) in [7, 11) is 0. The highest BCUT2D eigenvalue weighted by Crippen LogP contribution is 2.28. The molecule has 1 N–H and O–H groups in total. The van der Waals surface area contributed by atoms with E-state index in [0.717, 1.165) is 41.6 Å². The minimum Gasteiger partial charge on any atom is -0.297 e. The molecule has 2 rings (SSSR count). The molecule has 0 aromatic carbocycles. The van der Waals surface area contributed by atoms with Gasteiger partial charge in [-0.15, -0.1) is 0 Å². The molecule has 110 valence electrons. The Kier molecular flexibility index (Phi) is 5.82. The summed E-state index contributed by atoms with van der Waals surface area (Å²) in [5.74, 6) is 1.95. The first-order valence-corrected chi connectivity index (χ1v) is 9.11. The number of thioether (sulfide) groups is 1. The second-order valence-electron chi connectivity index (χ2n) is 5.25. The zero-order chi connectivity index (χ0) is 14.4. The minimum absolute atomic E-state index is 0.322. The van der Waals surface area contributed by atoms with Crippen molar-refractivity contribution in [1.29, 1.82) is 5.26 Å². The number of nitriles is 1. The molecule has 20 heavy (non-hydrogen) atoms. The zero-order valence-corrected chi connectivity index (χ0v) is 13.8. The van der Waals surface area contributed by atoms with E-state index in [4.69, 9.17) is 0 Å². The van der Waals surface area contributed by atoms with Crippen molar-refractivity contribution in [2.45, 2.75) is 68.3 Å². The van der Waals surface area contributed by atoms with Gasteiger partial charge in [0, 0.05) is 18.2 Å². The van der Waals surface area contributed by atoms with Crippen LogP contribution in [0, 0.1) is 11.3 Å². The highest BCUT2D eigenvalue weighted by molar-refractivity contribution is 8.00. The average Bonchev–Trinajstić information content (AvgIpc) is 3.17.